The van der Waals surface area contributed by atoms with Gasteiger partial charge in [0.05, 0.1) is 28.1 Å². The van der Waals surface area contributed by atoms with Gasteiger partial charge in [-0.2, -0.15) is 18.4 Å². The molecule has 0 amide bonds. The molecule has 2 bridgehead atoms. The second-order valence-electron chi connectivity index (χ2n) is 6.96. The average molecular weight is 374 g/mol. The molecule has 0 spiro atoms. The van der Waals surface area contributed by atoms with Crippen LogP contribution in [0.1, 0.15) is 24.0 Å². The van der Waals surface area contributed by atoms with Crippen LogP contribution in [0.2, 0.25) is 0 Å². The number of halogens is 4. The van der Waals surface area contributed by atoms with Crippen molar-refractivity contribution < 1.29 is 26.0 Å². The van der Waals surface area contributed by atoms with Crippen molar-refractivity contribution in [3.05, 3.63) is 29.3 Å². The third-order valence-corrected chi connectivity index (χ3v) is 8.12. The van der Waals surface area contributed by atoms with E-state index in [1.807, 2.05) is 0 Å². The molecule has 25 heavy (non-hydrogen) atoms. The molecule has 5 atom stereocenters. The zero-order chi connectivity index (χ0) is 18.1. The predicted molar refractivity (Wildman–Crippen MR) is 80.8 cm³/mol. The number of alkyl halides is 4. The molecular weight excluding hydrogens is 360 g/mol. The van der Waals surface area contributed by atoms with Gasteiger partial charge in [0.1, 0.15) is 6.17 Å². The van der Waals surface area contributed by atoms with E-state index in [1.54, 1.807) is 0 Å². The molecule has 0 unspecified atom stereocenters. The molecule has 1 aromatic rings. The highest BCUT2D eigenvalue weighted by Gasteiger charge is 2.63. The summed E-state index contributed by atoms with van der Waals surface area (Å²) in [4.78, 5) is 0. The van der Waals surface area contributed by atoms with E-state index >= 15 is 0 Å². The van der Waals surface area contributed by atoms with Gasteiger partial charge in [0.25, 0.3) is 0 Å². The largest absolute Gasteiger partial charge is 0.417 e. The minimum atomic E-state index is -4.76. The Bertz CT molecular complexity index is 877. The second kappa shape index (κ2) is 5.10. The number of nitriles is 1. The molecule has 2 saturated carbocycles. The van der Waals surface area contributed by atoms with Crippen molar-refractivity contribution in [2.24, 2.45) is 17.8 Å². The number of nitrogens with zero attached hydrogens (tertiary/aromatic N) is 2. The minimum absolute atomic E-state index is 0.0368. The molecule has 0 aromatic heterocycles. The zero-order valence-corrected chi connectivity index (χ0v) is 13.7. The van der Waals surface area contributed by atoms with Gasteiger partial charge in [-0.1, -0.05) is 0 Å². The fraction of sp³-hybridized carbons (Fsp3) is 0.562. The summed E-state index contributed by atoms with van der Waals surface area (Å²) in [5.41, 5.74) is -1.83. The molecular formula is C16H14F4N2O2S. The van der Waals surface area contributed by atoms with E-state index in [4.69, 9.17) is 5.26 Å². The Balaban J connectivity index is 1.76. The molecule has 0 N–H and O–H groups in total. The maximum absolute atomic E-state index is 14.0. The van der Waals surface area contributed by atoms with Crippen molar-refractivity contribution in [1.82, 2.24) is 0 Å². The van der Waals surface area contributed by atoms with E-state index in [-0.39, 0.29) is 24.1 Å². The van der Waals surface area contributed by atoms with Crippen molar-refractivity contribution in [3.63, 3.8) is 0 Å². The van der Waals surface area contributed by atoms with Crippen LogP contribution >= 0.6 is 0 Å². The third-order valence-electron chi connectivity index (χ3n) is 5.76. The van der Waals surface area contributed by atoms with Crippen LogP contribution < -0.4 is 4.31 Å². The summed E-state index contributed by atoms with van der Waals surface area (Å²) in [7, 11) is -3.92. The van der Waals surface area contributed by atoms with Crippen LogP contribution in [-0.4, -0.2) is 26.4 Å². The fourth-order valence-corrected chi connectivity index (χ4v) is 7.30. The van der Waals surface area contributed by atoms with Crippen LogP contribution in [0.15, 0.2) is 18.2 Å². The Morgan fingerprint density at radius 2 is 1.92 bits per heavy atom. The zero-order valence-electron chi connectivity index (χ0n) is 12.9. The lowest BCUT2D eigenvalue weighted by Crippen LogP contribution is -2.37. The van der Waals surface area contributed by atoms with Crippen LogP contribution in [0.4, 0.5) is 23.2 Å². The number of hydrogen-bond donors (Lipinski definition) is 0. The molecule has 1 heterocycles. The molecule has 3 fully saturated rings. The van der Waals surface area contributed by atoms with Gasteiger partial charge in [-0.25, -0.2) is 12.8 Å². The Hall–Kier alpha value is -1.82. The number of fused-ring (bicyclic) bond motifs is 5. The molecule has 134 valence electrons. The molecule has 4 nitrogen and oxygen atoms in total. The van der Waals surface area contributed by atoms with Crippen molar-refractivity contribution >= 4 is 15.7 Å². The quantitative estimate of drug-likeness (QED) is 0.710. The Labute approximate surface area is 142 Å². The second-order valence-corrected chi connectivity index (χ2v) is 8.97. The number of hydrogen-bond acceptors (Lipinski definition) is 3. The summed E-state index contributed by atoms with van der Waals surface area (Å²) >= 11 is 0. The number of rotatable bonds is 1. The van der Waals surface area contributed by atoms with Crippen LogP contribution in [0.3, 0.4) is 0 Å². The van der Waals surface area contributed by atoms with Crippen LogP contribution in [-0.2, 0) is 16.2 Å². The summed E-state index contributed by atoms with van der Waals surface area (Å²) in [6.07, 6.45) is -5.06. The van der Waals surface area contributed by atoms with E-state index < -0.39 is 44.7 Å². The van der Waals surface area contributed by atoms with Gasteiger partial charge in [0.2, 0.25) is 10.0 Å². The molecule has 9 heteroatoms. The fourth-order valence-electron chi connectivity index (χ4n) is 4.74. The van der Waals surface area contributed by atoms with Gasteiger partial charge in [-0.05, 0) is 42.9 Å². The van der Waals surface area contributed by atoms with E-state index in [0.717, 1.165) is 10.4 Å². The highest BCUT2D eigenvalue weighted by molar-refractivity contribution is 7.93. The van der Waals surface area contributed by atoms with Gasteiger partial charge < -0.3 is 0 Å². The third kappa shape index (κ3) is 2.26. The summed E-state index contributed by atoms with van der Waals surface area (Å²) in [5, 5.41) is 8.00. The highest BCUT2D eigenvalue weighted by Crippen LogP contribution is 2.56. The molecule has 1 aromatic carbocycles. The van der Waals surface area contributed by atoms with Crippen LogP contribution in [0.5, 0.6) is 0 Å². The predicted octanol–water partition coefficient (Wildman–Crippen LogP) is 3.09. The lowest BCUT2D eigenvalue weighted by Gasteiger charge is -2.24. The van der Waals surface area contributed by atoms with Gasteiger partial charge >= 0.3 is 6.18 Å². The van der Waals surface area contributed by atoms with E-state index in [9.17, 15) is 26.0 Å². The summed E-state index contributed by atoms with van der Waals surface area (Å²) in [6, 6.07) is 4.36. The molecule has 4 rings (SSSR count). The smallest absolute Gasteiger partial charge is 0.270 e. The van der Waals surface area contributed by atoms with Gasteiger partial charge in [-0.3, -0.25) is 4.31 Å². The first-order valence-electron chi connectivity index (χ1n) is 7.91. The SMILES string of the molecule is N#Cc1ccc(N2C[C@H]3[C@@H]4C[C@H]([C@H]3S2(=O)=O)[C@@H](F)C4)cc1C(F)(F)F. The Morgan fingerprint density at radius 1 is 1.20 bits per heavy atom. The first-order valence-corrected chi connectivity index (χ1v) is 9.42. The minimum Gasteiger partial charge on any atom is -0.270 e. The lowest BCUT2D eigenvalue weighted by atomic mass is 9.87. The normalized spacial score (nSPS) is 35.6. The number of anilines is 1. The van der Waals surface area contributed by atoms with E-state index in [2.05, 4.69) is 0 Å². The van der Waals surface area contributed by atoms with Crippen molar-refractivity contribution in [2.75, 3.05) is 10.8 Å². The van der Waals surface area contributed by atoms with Crippen molar-refractivity contribution in [2.45, 2.75) is 30.4 Å². The standard InChI is InChI=1S/C16H14F4N2O2S/c17-14-4-9-3-11(14)15-12(9)7-22(25(15,23)24)10-2-1-8(6-21)13(5-10)16(18,19)20/h1-2,5,9,11-12,14-15H,3-4,7H2/t9-,11+,12+,14+,15-/m1/s1. The topological polar surface area (TPSA) is 61.2 Å². The van der Waals surface area contributed by atoms with Gasteiger partial charge in [-0.15, -0.1) is 0 Å². The first kappa shape index (κ1) is 16.6. The van der Waals surface area contributed by atoms with Gasteiger partial charge in [0, 0.05) is 12.5 Å². The highest BCUT2D eigenvalue weighted by atomic mass is 32.2. The van der Waals surface area contributed by atoms with Crippen LogP contribution in [0.25, 0.3) is 0 Å². The molecule has 1 saturated heterocycles. The maximum atomic E-state index is 14.0. The van der Waals surface area contributed by atoms with Gasteiger partial charge in [0.15, 0.2) is 0 Å². The average Bonchev–Trinajstić information content (AvgIpc) is 3.15. The summed E-state index contributed by atoms with van der Waals surface area (Å²) in [6.45, 7) is 0.0735. The Kier molecular flexibility index (Phi) is 3.39. The first-order chi connectivity index (χ1) is 11.6. The summed E-state index contributed by atoms with van der Waals surface area (Å²) < 4.78 is 80.1. The maximum Gasteiger partial charge on any atom is 0.417 e. The molecule has 3 aliphatic rings. The Morgan fingerprint density at radius 3 is 2.56 bits per heavy atom. The van der Waals surface area contributed by atoms with Crippen LogP contribution in [0, 0.1) is 29.1 Å². The molecule has 1 aliphatic heterocycles. The van der Waals surface area contributed by atoms with Crippen molar-refractivity contribution in [3.8, 4) is 6.07 Å². The monoisotopic (exact) mass is 374 g/mol. The van der Waals surface area contributed by atoms with E-state index in [1.165, 1.54) is 12.1 Å². The molecule has 2 aliphatic carbocycles. The lowest BCUT2D eigenvalue weighted by molar-refractivity contribution is -0.137. The van der Waals surface area contributed by atoms with Crippen molar-refractivity contribution in [1.29, 1.82) is 5.26 Å². The number of sulfonamides is 1. The number of benzene rings is 1. The molecule has 0 radical (unpaired) electrons. The van der Waals surface area contributed by atoms with E-state index in [0.29, 0.717) is 18.9 Å². The summed E-state index contributed by atoms with van der Waals surface area (Å²) in [5.74, 6) is -0.845.